The second-order valence-electron chi connectivity index (χ2n) is 3.92. The molecule has 0 saturated heterocycles. The van der Waals surface area contributed by atoms with Gasteiger partial charge in [0.15, 0.2) is 0 Å². The molecular formula is C12H10Cl3N3O2S. The van der Waals surface area contributed by atoms with Crippen LogP contribution in [-0.2, 0) is 10.0 Å². The number of sulfonamides is 1. The first kappa shape index (κ1) is 18.0. The van der Waals surface area contributed by atoms with Gasteiger partial charge >= 0.3 is 0 Å². The van der Waals surface area contributed by atoms with E-state index >= 15 is 0 Å². The van der Waals surface area contributed by atoms with Crippen LogP contribution >= 0.6 is 34.8 Å². The average Bonchev–Trinajstić information content (AvgIpc) is 2.36. The summed E-state index contributed by atoms with van der Waals surface area (Å²) in [5.41, 5.74) is 0. The molecular weight excluding hydrogens is 357 g/mol. The van der Waals surface area contributed by atoms with Gasteiger partial charge < -0.3 is 0 Å². The van der Waals surface area contributed by atoms with Crippen molar-refractivity contribution in [2.24, 2.45) is 0 Å². The highest BCUT2D eigenvalue weighted by atomic mass is 35.5. The fourth-order valence-electron chi connectivity index (χ4n) is 1.61. The first-order chi connectivity index (χ1) is 9.84. The van der Waals surface area contributed by atoms with Gasteiger partial charge in [-0.2, -0.15) is 14.8 Å². The van der Waals surface area contributed by atoms with E-state index in [2.05, 4.69) is 0 Å². The van der Waals surface area contributed by atoms with Crippen LogP contribution in [0.4, 0.5) is 0 Å². The van der Waals surface area contributed by atoms with Crippen molar-refractivity contribution in [2.75, 3.05) is 13.1 Å². The lowest BCUT2D eigenvalue weighted by Gasteiger charge is -2.21. The third-order valence-corrected chi connectivity index (χ3v) is 5.55. The fraction of sp³-hybridized carbons (Fsp3) is 0.333. The molecule has 112 valence electrons. The summed E-state index contributed by atoms with van der Waals surface area (Å²) in [6.45, 7) is -0.0917. The molecule has 0 radical (unpaired) electrons. The van der Waals surface area contributed by atoms with Crippen LogP contribution in [-0.4, -0.2) is 25.8 Å². The van der Waals surface area contributed by atoms with Crippen LogP contribution in [0.2, 0.25) is 15.1 Å². The fourth-order valence-corrected chi connectivity index (χ4v) is 4.54. The van der Waals surface area contributed by atoms with Gasteiger partial charge in [0.25, 0.3) is 0 Å². The first-order valence-electron chi connectivity index (χ1n) is 5.73. The minimum atomic E-state index is -4.02. The standard InChI is InChI=1S/C12H10Cl3N3O2S/c13-9-7-10(14)12(11(15)8-9)21(19,20)18(5-1-3-16)6-2-4-17/h7-8H,1-2,5-6H2. The molecule has 0 aliphatic rings. The second kappa shape index (κ2) is 7.84. The Bertz CT molecular complexity index is 666. The van der Waals surface area contributed by atoms with Crippen molar-refractivity contribution in [1.29, 1.82) is 10.5 Å². The van der Waals surface area contributed by atoms with Gasteiger partial charge in [0.1, 0.15) is 4.90 Å². The third-order valence-electron chi connectivity index (χ3n) is 2.51. The van der Waals surface area contributed by atoms with E-state index in [1.54, 1.807) is 0 Å². The van der Waals surface area contributed by atoms with Gasteiger partial charge in [0.05, 0.1) is 22.2 Å². The Labute approximate surface area is 138 Å². The zero-order valence-corrected chi connectivity index (χ0v) is 13.8. The molecule has 0 saturated carbocycles. The lowest BCUT2D eigenvalue weighted by atomic mass is 10.4. The minimum absolute atomic E-state index is 0.00646. The molecule has 9 heteroatoms. The Hall–Kier alpha value is -1.02. The summed E-state index contributed by atoms with van der Waals surface area (Å²) in [4.78, 5) is -0.272. The van der Waals surface area contributed by atoms with E-state index in [0.717, 1.165) is 4.31 Å². The van der Waals surface area contributed by atoms with Gasteiger partial charge in [-0.15, -0.1) is 0 Å². The van der Waals surface area contributed by atoms with Gasteiger partial charge in [0.2, 0.25) is 10.0 Å². The molecule has 0 aromatic heterocycles. The molecule has 0 amide bonds. The largest absolute Gasteiger partial charge is 0.246 e. The second-order valence-corrected chi connectivity index (χ2v) is 7.04. The number of nitriles is 2. The smallest absolute Gasteiger partial charge is 0.207 e. The zero-order chi connectivity index (χ0) is 16.0. The van der Waals surface area contributed by atoms with Crippen LogP contribution in [0.15, 0.2) is 17.0 Å². The molecule has 0 N–H and O–H groups in total. The summed E-state index contributed by atoms with van der Waals surface area (Å²) in [5.74, 6) is 0. The molecule has 5 nitrogen and oxygen atoms in total. The van der Waals surface area contributed by atoms with E-state index in [1.165, 1.54) is 12.1 Å². The average molecular weight is 367 g/mol. The summed E-state index contributed by atoms with van der Waals surface area (Å²) < 4.78 is 26.2. The maximum atomic E-state index is 12.6. The molecule has 0 atom stereocenters. The molecule has 0 fully saturated rings. The number of nitrogens with zero attached hydrogens (tertiary/aromatic N) is 3. The van der Waals surface area contributed by atoms with Crippen molar-refractivity contribution < 1.29 is 8.42 Å². The molecule has 0 unspecified atom stereocenters. The van der Waals surface area contributed by atoms with Crippen molar-refractivity contribution in [3.8, 4) is 12.1 Å². The Kier molecular flexibility index (Phi) is 6.73. The Morgan fingerprint density at radius 2 is 1.43 bits per heavy atom. The third kappa shape index (κ3) is 4.47. The first-order valence-corrected chi connectivity index (χ1v) is 8.30. The van der Waals surface area contributed by atoms with Gasteiger partial charge in [-0.1, -0.05) is 34.8 Å². The predicted molar refractivity (Wildman–Crippen MR) is 80.7 cm³/mol. The van der Waals surface area contributed by atoms with E-state index in [0.29, 0.717) is 0 Å². The molecule has 0 aliphatic heterocycles. The molecule has 0 heterocycles. The van der Waals surface area contributed by atoms with Crippen molar-refractivity contribution in [3.63, 3.8) is 0 Å². The van der Waals surface area contributed by atoms with E-state index < -0.39 is 10.0 Å². The molecule has 1 rings (SSSR count). The normalized spacial score (nSPS) is 11.1. The number of benzene rings is 1. The molecule has 1 aromatic rings. The SMILES string of the molecule is N#CCCN(CCC#N)S(=O)(=O)c1c(Cl)cc(Cl)cc1Cl. The van der Waals surface area contributed by atoms with Crippen molar-refractivity contribution in [3.05, 3.63) is 27.2 Å². The lowest BCUT2D eigenvalue weighted by Crippen LogP contribution is -2.33. The predicted octanol–water partition coefficient (Wildman–Crippen LogP) is 3.46. The van der Waals surface area contributed by atoms with E-state index in [9.17, 15) is 8.42 Å². The molecule has 0 aliphatic carbocycles. The minimum Gasteiger partial charge on any atom is -0.207 e. The van der Waals surface area contributed by atoms with Crippen LogP contribution in [0, 0.1) is 22.7 Å². The van der Waals surface area contributed by atoms with Gasteiger partial charge in [-0.25, -0.2) is 8.42 Å². The monoisotopic (exact) mass is 365 g/mol. The van der Waals surface area contributed by atoms with Gasteiger partial charge in [-0.3, -0.25) is 0 Å². The quantitative estimate of drug-likeness (QED) is 0.771. The maximum Gasteiger partial charge on any atom is 0.246 e. The number of rotatable bonds is 6. The molecule has 0 bridgehead atoms. The number of hydrogen-bond acceptors (Lipinski definition) is 4. The maximum absolute atomic E-state index is 12.6. The highest BCUT2D eigenvalue weighted by Crippen LogP contribution is 2.34. The van der Waals surface area contributed by atoms with Crippen LogP contribution in [0.25, 0.3) is 0 Å². The number of halogens is 3. The Balaban J connectivity index is 3.29. The summed E-state index contributed by atoms with van der Waals surface area (Å²) in [7, 11) is -4.02. The lowest BCUT2D eigenvalue weighted by molar-refractivity contribution is 0.425. The molecule has 0 spiro atoms. The summed E-state index contributed by atoms with van der Waals surface area (Å²) in [6.07, 6.45) is -0.0129. The van der Waals surface area contributed by atoms with E-state index in [1.807, 2.05) is 12.1 Å². The van der Waals surface area contributed by atoms with Crippen LogP contribution in [0.3, 0.4) is 0 Å². The van der Waals surface area contributed by atoms with Gasteiger partial charge in [0, 0.05) is 31.0 Å². The van der Waals surface area contributed by atoms with Crippen LogP contribution < -0.4 is 0 Å². The Morgan fingerprint density at radius 3 is 1.81 bits per heavy atom. The van der Waals surface area contributed by atoms with Crippen LogP contribution in [0.5, 0.6) is 0 Å². The highest BCUT2D eigenvalue weighted by Gasteiger charge is 2.29. The van der Waals surface area contributed by atoms with Crippen molar-refractivity contribution in [2.45, 2.75) is 17.7 Å². The summed E-state index contributed by atoms with van der Waals surface area (Å²) >= 11 is 17.6. The molecule has 1 aromatic carbocycles. The van der Waals surface area contributed by atoms with Crippen molar-refractivity contribution in [1.82, 2.24) is 4.31 Å². The van der Waals surface area contributed by atoms with Crippen molar-refractivity contribution >= 4 is 44.8 Å². The number of hydrogen-bond donors (Lipinski definition) is 0. The topological polar surface area (TPSA) is 85.0 Å². The summed E-state index contributed by atoms with van der Waals surface area (Å²) in [5, 5.41) is 17.2. The zero-order valence-electron chi connectivity index (χ0n) is 10.7. The van der Waals surface area contributed by atoms with Gasteiger partial charge in [-0.05, 0) is 12.1 Å². The van der Waals surface area contributed by atoms with E-state index in [-0.39, 0.29) is 45.9 Å². The van der Waals surface area contributed by atoms with E-state index in [4.69, 9.17) is 45.3 Å². The van der Waals surface area contributed by atoms with Crippen LogP contribution in [0.1, 0.15) is 12.8 Å². The highest BCUT2D eigenvalue weighted by molar-refractivity contribution is 7.89. The summed E-state index contributed by atoms with van der Waals surface area (Å²) in [6, 6.07) is 6.27. The molecule has 21 heavy (non-hydrogen) atoms. The Morgan fingerprint density at radius 1 is 1.00 bits per heavy atom.